The molecule has 0 radical (unpaired) electrons. The summed E-state index contributed by atoms with van der Waals surface area (Å²) in [5.41, 5.74) is 7.57. The molecular weight excluding hydrogens is 188 g/mol. The Hall–Kier alpha value is -2.23. The second kappa shape index (κ2) is 2.88. The summed E-state index contributed by atoms with van der Waals surface area (Å²) < 4.78 is 1.93. The van der Waals surface area contributed by atoms with E-state index in [9.17, 15) is 0 Å². The van der Waals surface area contributed by atoms with Crippen molar-refractivity contribution in [2.75, 3.05) is 5.73 Å². The number of hydrogen-bond acceptors (Lipinski definition) is 2. The van der Waals surface area contributed by atoms with E-state index in [-0.39, 0.29) is 0 Å². The van der Waals surface area contributed by atoms with E-state index < -0.39 is 0 Å². The van der Waals surface area contributed by atoms with Crippen molar-refractivity contribution >= 4 is 16.6 Å². The van der Waals surface area contributed by atoms with Crippen LogP contribution in [0.15, 0.2) is 43.0 Å². The first kappa shape index (κ1) is 8.11. The Labute approximate surface area is 86.4 Å². The van der Waals surface area contributed by atoms with E-state index in [1.165, 1.54) is 0 Å². The Morgan fingerprint density at radius 2 is 2.20 bits per heavy atom. The molecule has 0 aliphatic heterocycles. The van der Waals surface area contributed by atoms with E-state index >= 15 is 0 Å². The van der Waals surface area contributed by atoms with Crippen LogP contribution in [-0.4, -0.2) is 14.5 Å². The smallest absolute Gasteiger partial charge is 0.116 e. The zero-order valence-electron chi connectivity index (χ0n) is 8.01. The molecule has 0 amide bonds. The molecule has 0 aliphatic rings. The number of fused-ring (bicyclic) bond motifs is 1. The average molecular weight is 198 g/mol. The van der Waals surface area contributed by atoms with E-state index in [0.29, 0.717) is 0 Å². The normalized spacial score (nSPS) is 10.9. The van der Waals surface area contributed by atoms with E-state index in [0.717, 1.165) is 22.4 Å². The fourth-order valence-corrected chi connectivity index (χ4v) is 1.68. The minimum Gasteiger partial charge on any atom is -0.399 e. The van der Waals surface area contributed by atoms with Crippen molar-refractivity contribution in [3.63, 3.8) is 0 Å². The number of aromatic nitrogens is 3. The Kier molecular flexibility index (Phi) is 1.56. The number of rotatable bonds is 1. The predicted octanol–water partition coefficient (Wildman–Crippen LogP) is 1.94. The van der Waals surface area contributed by atoms with Crippen LogP contribution in [0.4, 0.5) is 5.69 Å². The number of H-pyrrole nitrogens is 1. The van der Waals surface area contributed by atoms with E-state index in [2.05, 4.69) is 9.97 Å². The summed E-state index contributed by atoms with van der Waals surface area (Å²) >= 11 is 0. The zero-order valence-corrected chi connectivity index (χ0v) is 8.01. The van der Waals surface area contributed by atoms with Crippen molar-refractivity contribution in [3.05, 3.63) is 43.0 Å². The molecule has 15 heavy (non-hydrogen) atoms. The largest absolute Gasteiger partial charge is 0.399 e. The van der Waals surface area contributed by atoms with Crippen molar-refractivity contribution in [2.45, 2.75) is 0 Å². The van der Waals surface area contributed by atoms with Crippen LogP contribution < -0.4 is 5.73 Å². The average Bonchev–Trinajstić information content (AvgIpc) is 2.84. The van der Waals surface area contributed by atoms with Crippen LogP contribution in [0.5, 0.6) is 0 Å². The fourth-order valence-electron chi connectivity index (χ4n) is 1.68. The van der Waals surface area contributed by atoms with Crippen molar-refractivity contribution in [1.82, 2.24) is 14.5 Å². The lowest BCUT2D eigenvalue weighted by Gasteiger charge is -1.94. The maximum atomic E-state index is 5.72. The summed E-state index contributed by atoms with van der Waals surface area (Å²) in [7, 11) is 0. The van der Waals surface area contributed by atoms with Crippen LogP contribution >= 0.6 is 0 Å². The number of hydrogen-bond donors (Lipinski definition) is 2. The van der Waals surface area contributed by atoms with Gasteiger partial charge in [-0.15, -0.1) is 0 Å². The first-order chi connectivity index (χ1) is 7.33. The standard InChI is InChI=1S/C11H10N4/c12-9-1-2-10-8(5-9)6-11(14-10)15-4-3-13-7-15/h1-7,14H,12H2. The SMILES string of the molecule is Nc1ccc2[nH]c(-n3ccnc3)cc2c1. The number of imidazole rings is 1. The van der Waals surface area contributed by atoms with Crippen molar-refractivity contribution in [3.8, 4) is 5.82 Å². The minimum atomic E-state index is 0.777. The topological polar surface area (TPSA) is 59.6 Å². The lowest BCUT2D eigenvalue weighted by atomic mass is 10.2. The second-order valence-corrected chi connectivity index (χ2v) is 3.47. The Morgan fingerprint density at radius 1 is 1.27 bits per heavy atom. The van der Waals surface area contributed by atoms with E-state index in [1.807, 2.05) is 35.0 Å². The number of nitrogens with two attached hydrogens (primary N) is 1. The lowest BCUT2D eigenvalue weighted by molar-refractivity contribution is 1.02. The first-order valence-electron chi connectivity index (χ1n) is 4.69. The summed E-state index contributed by atoms with van der Waals surface area (Å²) in [6, 6.07) is 7.86. The van der Waals surface area contributed by atoms with Gasteiger partial charge in [0.25, 0.3) is 0 Å². The van der Waals surface area contributed by atoms with Crippen LogP contribution in [-0.2, 0) is 0 Å². The maximum Gasteiger partial charge on any atom is 0.116 e. The number of nitrogen functional groups attached to an aromatic ring is 1. The third-order valence-electron chi connectivity index (χ3n) is 2.41. The zero-order chi connectivity index (χ0) is 10.3. The molecular formula is C11H10N4. The number of nitrogens with zero attached hydrogens (tertiary/aromatic N) is 2. The highest BCUT2D eigenvalue weighted by Crippen LogP contribution is 2.20. The van der Waals surface area contributed by atoms with Crippen LogP contribution in [0.25, 0.3) is 16.7 Å². The van der Waals surface area contributed by atoms with Crippen molar-refractivity contribution in [1.29, 1.82) is 0 Å². The molecule has 4 heteroatoms. The van der Waals surface area contributed by atoms with Gasteiger partial charge in [-0.1, -0.05) is 0 Å². The molecule has 2 heterocycles. The number of benzene rings is 1. The van der Waals surface area contributed by atoms with E-state index in [1.54, 1.807) is 12.5 Å². The van der Waals surface area contributed by atoms with Gasteiger partial charge in [0.1, 0.15) is 12.1 Å². The quantitative estimate of drug-likeness (QED) is 0.587. The van der Waals surface area contributed by atoms with Crippen LogP contribution in [0.3, 0.4) is 0 Å². The maximum absolute atomic E-state index is 5.72. The highest BCUT2D eigenvalue weighted by molar-refractivity contribution is 5.85. The van der Waals surface area contributed by atoms with Crippen LogP contribution in [0.2, 0.25) is 0 Å². The molecule has 0 saturated carbocycles. The van der Waals surface area contributed by atoms with Crippen LogP contribution in [0.1, 0.15) is 0 Å². The third kappa shape index (κ3) is 1.27. The molecule has 0 aliphatic carbocycles. The molecule has 3 N–H and O–H groups in total. The van der Waals surface area contributed by atoms with Crippen molar-refractivity contribution in [2.24, 2.45) is 0 Å². The molecule has 0 spiro atoms. The van der Waals surface area contributed by atoms with Gasteiger partial charge in [-0.3, -0.25) is 4.57 Å². The summed E-state index contributed by atoms with van der Waals surface area (Å²) in [6.45, 7) is 0. The van der Waals surface area contributed by atoms with Gasteiger partial charge in [0, 0.05) is 29.0 Å². The molecule has 1 aromatic carbocycles. The molecule has 4 nitrogen and oxygen atoms in total. The van der Waals surface area contributed by atoms with Gasteiger partial charge in [0.15, 0.2) is 0 Å². The highest BCUT2D eigenvalue weighted by Gasteiger charge is 2.01. The van der Waals surface area contributed by atoms with Gasteiger partial charge in [0.05, 0.1) is 0 Å². The number of nitrogens with one attached hydrogen (secondary N) is 1. The van der Waals surface area contributed by atoms with Gasteiger partial charge in [-0.25, -0.2) is 4.98 Å². The van der Waals surface area contributed by atoms with Crippen LogP contribution in [0, 0.1) is 0 Å². The molecule has 0 atom stereocenters. The van der Waals surface area contributed by atoms with Gasteiger partial charge in [-0.2, -0.15) is 0 Å². The van der Waals surface area contributed by atoms with Gasteiger partial charge in [-0.05, 0) is 24.3 Å². The minimum absolute atomic E-state index is 0.777. The molecule has 2 aromatic heterocycles. The Balaban J connectivity index is 2.22. The summed E-state index contributed by atoms with van der Waals surface area (Å²) in [4.78, 5) is 7.30. The lowest BCUT2D eigenvalue weighted by Crippen LogP contribution is -1.88. The van der Waals surface area contributed by atoms with Gasteiger partial charge >= 0.3 is 0 Å². The molecule has 3 aromatic rings. The molecule has 0 bridgehead atoms. The first-order valence-corrected chi connectivity index (χ1v) is 4.69. The van der Waals surface area contributed by atoms with Gasteiger partial charge in [0.2, 0.25) is 0 Å². The van der Waals surface area contributed by atoms with E-state index in [4.69, 9.17) is 5.73 Å². The molecule has 3 rings (SSSR count). The third-order valence-corrected chi connectivity index (χ3v) is 2.41. The summed E-state index contributed by atoms with van der Waals surface area (Å²) in [5, 5.41) is 1.11. The molecule has 74 valence electrons. The number of anilines is 1. The second-order valence-electron chi connectivity index (χ2n) is 3.47. The summed E-state index contributed by atoms with van der Waals surface area (Å²) in [5.74, 6) is 0.994. The Bertz CT molecular complexity index is 592. The molecule has 0 fully saturated rings. The Morgan fingerprint density at radius 3 is 3.00 bits per heavy atom. The summed E-state index contributed by atoms with van der Waals surface area (Å²) in [6.07, 6.45) is 5.40. The monoisotopic (exact) mass is 198 g/mol. The number of aromatic amines is 1. The fraction of sp³-hybridized carbons (Fsp3) is 0. The molecule has 0 unspecified atom stereocenters. The molecule has 0 saturated heterocycles. The highest BCUT2D eigenvalue weighted by atomic mass is 15.1. The van der Waals surface area contributed by atoms with Crippen molar-refractivity contribution < 1.29 is 0 Å². The van der Waals surface area contributed by atoms with Gasteiger partial charge < -0.3 is 10.7 Å². The predicted molar refractivity (Wildman–Crippen MR) is 59.8 cm³/mol.